The van der Waals surface area contributed by atoms with Gasteiger partial charge in [0.1, 0.15) is 11.6 Å². The Morgan fingerprint density at radius 2 is 1.73 bits per heavy atom. The smallest absolute Gasteiger partial charge is 0.329 e. The van der Waals surface area contributed by atoms with E-state index in [1.54, 1.807) is 20.8 Å². The predicted octanol–water partition coefficient (Wildman–Crippen LogP) is 2.65. The number of carbonyl (C=O) groups excluding carboxylic acids is 2. The molecule has 22 heavy (non-hydrogen) atoms. The Hall–Kier alpha value is -1.59. The Bertz CT molecular complexity index is 373. The molecule has 0 saturated heterocycles. The van der Waals surface area contributed by atoms with Crippen LogP contribution in [0, 0.1) is 0 Å². The van der Waals surface area contributed by atoms with Crippen molar-refractivity contribution in [2.75, 3.05) is 0 Å². The zero-order valence-electron chi connectivity index (χ0n) is 14.1. The second kappa shape index (κ2) is 10.2. The van der Waals surface area contributed by atoms with E-state index in [1.165, 1.54) is 0 Å². The molecule has 0 spiro atoms. The van der Waals surface area contributed by atoms with Gasteiger partial charge in [0.2, 0.25) is 5.91 Å². The minimum Gasteiger partial charge on any atom is -0.481 e. The van der Waals surface area contributed by atoms with Crippen LogP contribution in [0.1, 0.15) is 72.6 Å². The Labute approximate surface area is 132 Å². The fourth-order valence-electron chi connectivity index (χ4n) is 1.87. The maximum atomic E-state index is 12.1. The van der Waals surface area contributed by atoms with Gasteiger partial charge in [-0.05, 0) is 33.6 Å². The van der Waals surface area contributed by atoms with Gasteiger partial charge in [-0.15, -0.1) is 0 Å². The number of unbranched alkanes of at least 4 members (excludes halogenated alkanes) is 3. The third-order valence-corrected chi connectivity index (χ3v) is 2.93. The molecule has 1 amide bonds. The molecular formula is C16H29NO5. The standard InChI is InChI=1S/C16H29NO5/c1-5-6-7-8-9-13(18)17-12(10-11-14(19)20)15(21)22-16(2,3)4/h12H,5-11H2,1-4H3,(H,17,18)(H,19,20)/t12-/m1/s1. The Morgan fingerprint density at radius 3 is 2.23 bits per heavy atom. The van der Waals surface area contributed by atoms with Crippen molar-refractivity contribution in [3.05, 3.63) is 0 Å². The van der Waals surface area contributed by atoms with Crippen LogP contribution in [-0.4, -0.2) is 34.6 Å². The topological polar surface area (TPSA) is 92.7 Å². The molecule has 0 aliphatic heterocycles. The highest BCUT2D eigenvalue weighted by atomic mass is 16.6. The molecule has 0 rings (SSSR count). The highest BCUT2D eigenvalue weighted by Gasteiger charge is 2.26. The number of nitrogens with one attached hydrogen (secondary N) is 1. The van der Waals surface area contributed by atoms with Gasteiger partial charge in [-0.2, -0.15) is 0 Å². The van der Waals surface area contributed by atoms with Gasteiger partial charge < -0.3 is 15.2 Å². The third-order valence-electron chi connectivity index (χ3n) is 2.93. The molecule has 0 unspecified atom stereocenters. The van der Waals surface area contributed by atoms with E-state index in [9.17, 15) is 14.4 Å². The summed E-state index contributed by atoms with van der Waals surface area (Å²) < 4.78 is 5.23. The summed E-state index contributed by atoms with van der Waals surface area (Å²) in [6.07, 6.45) is 4.07. The largest absolute Gasteiger partial charge is 0.481 e. The minimum atomic E-state index is -1.01. The number of aliphatic carboxylic acids is 1. The van der Waals surface area contributed by atoms with Gasteiger partial charge in [0.15, 0.2) is 0 Å². The number of amides is 1. The van der Waals surface area contributed by atoms with E-state index in [-0.39, 0.29) is 18.7 Å². The van der Waals surface area contributed by atoms with Crippen LogP contribution in [0.5, 0.6) is 0 Å². The second-order valence-electron chi connectivity index (χ2n) is 6.40. The fraction of sp³-hybridized carbons (Fsp3) is 0.812. The van der Waals surface area contributed by atoms with Crippen LogP contribution in [0.4, 0.5) is 0 Å². The van der Waals surface area contributed by atoms with E-state index in [0.29, 0.717) is 6.42 Å². The van der Waals surface area contributed by atoms with E-state index < -0.39 is 23.6 Å². The Morgan fingerprint density at radius 1 is 1.09 bits per heavy atom. The summed E-state index contributed by atoms with van der Waals surface area (Å²) in [5, 5.41) is 11.3. The Balaban J connectivity index is 4.48. The van der Waals surface area contributed by atoms with Gasteiger partial charge in [-0.25, -0.2) is 4.79 Å². The first-order valence-corrected chi connectivity index (χ1v) is 7.89. The van der Waals surface area contributed by atoms with Gasteiger partial charge in [-0.1, -0.05) is 26.2 Å². The van der Waals surface area contributed by atoms with Crippen molar-refractivity contribution >= 4 is 17.8 Å². The van der Waals surface area contributed by atoms with Crippen molar-refractivity contribution in [2.24, 2.45) is 0 Å². The Kier molecular flexibility index (Phi) is 9.45. The van der Waals surface area contributed by atoms with Crippen molar-refractivity contribution < 1.29 is 24.2 Å². The van der Waals surface area contributed by atoms with E-state index in [4.69, 9.17) is 9.84 Å². The van der Waals surface area contributed by atoms with Crippen molar-refractivity contribution in [2.45, 2.75) is 84.3 Å². The number of rotatable bonds is 10. The van der Waals surface area contributed by atoms with Gasteiger partial charge in [0.05, 0.1) is 0 Å². The van der Waals surface area contributed by atoms with E-state index in [2.05, 4.69) is 12.2 Å². The number of carboxylic acid groups (broad SMARTS) is 1. The number of ether oxygens (including phenoxy) is 1. The summed E-state index contributed by atoms with van der Waals surface area (Å²) in [6, 6.07) is -0.908. The lowest BCUT2D eigenvalue weighted by atomic mass is 10.1. The molecular weight excluding hydrogens is 286 g/mol. The highest BCUT2D eigenvalue weighted by Crippen LogP contribution is 2.11. The van der Waals surface area contributed by atoms with E-state index in [1.807, 2.05) is 0 Å². The molecule has 128 valence electrons. The third kappa shape index (κ3) is 11.1. The van der Waals surface area contributed by atoms with Crippen molar-refractivity contribution in [1.82, 2.24) is 5.32 Å². The summed E-state index contributed by atoms with van der Waals surface area (Å²) in [5.74, 6) is -1.83. The predicted molar refractivity (Wildman–Crippen MR) is 83.4 cm³/mol. The summed E-state index contributed by atoms with van der Waals surface area (Å²) in [4.78, 5) is 34.6. The molecule has 0 saturated carbocycles. The molecule has 0 aromatic heterocycles. The normalized spacial score (nSPS) is 12.5. The molecule has 0 heterocycles. The molecule has 2 N–H and O–H groups in total. The fourth-order valence-corrected chi connectivity index (χ4v) is 1.87. The van der Waals surface area contributed by atoms with Crippen molar-refractivity contribution in [1.29, 1.82) is 0 Å². The summed E-state index contributed by atoms with van der Waals surface area (Å²) in [7, 11) is 0. The lowest BCUT2D eigenvalue weighted by Crippen LogP contribution is -2.44. The van der Waals surface area contributed by atoms with Crippen LogP contribution >= 0.6 is 0 Å². The average molecular weight is 315 g/mol. The molecule has 0 radical (unpaired) electrons. The highest BCUT2D eigenvalue weighted by molar-refractivity contribution is 5.85. The number of carbonyl (C=O) groups is 3. The zero-order chi connectivity index (χ0) is 17.2. The average Bonchev–Trinajstić information content (AvgIpc) is 2.37. The molecule has 0 aliphatic rings. The van der Waals surface area contributed by atoms with Gasteiger partial charge >= 0.3 is 11.9 Å². The monoisotopic (exact) mass is 315 g/mol. The van der Waals surface area contributed by atoms with Gasteiger partial charge in [0.25, 0.3) is 0 Å². The summed E-state index contributed by atoms with van der Waals surface area (Å²) in [5.41, 5.74) is -0.676. The first kappa shape index (κ1) is 20.4. The quantitative estimate of drug-likeness (QED) is 0.477. The van der Waals surface area contributed by atoms with Crippen LogP contribution < -0.4 is 5.32 Å². The maximum Gasteiger partial charge on any atom is 0.329 e. The molecule has 0 fully saturated rings. The van der Waals surface area contributed by atoms with Crippen LogP contribution in [0.3, 0.4) is 0 Å². The van der Waals surface area contributed by atoms with E-state index in [0.717, 1.165) is 25.7 Å². The molecule has 0 aliphatic carbocycles. The summed E-state index contributed by atoms with van der Waals surface area (Å²) in [6.45, 7) is 7.27. The SMILES string of the molecule is CCCCCCC(=O)N[C@H](CCC(=O)O)C(=O)OC(C)(C)C. The molecule has 6 heteroatoms. The number of carboxylic acids is 1. The second-order valence-corrected chi connectivity index (χ2v) is 6.40. The molecule has 0 bridgehead atoms. The minimum absolute atomic E-state index is 0.0327. The molecule has 1 atom stereocenters. The van der Waals surface area contributed by atoms with E-state index >= 15 is 0 Å². The number of esters is 1. The van der Waals surface area contributed by atoms with Crippen LogP contribution in [0.15, 0.2) is 0 Å². The van der Waals surface area contributed by atoms with Crippen molar-refractivity contribution in [3.8, 4) is 0 Å². The van der Waals surface area contributed by atoms with Gasteiger partial charge in [-0.3, -0.25) is 9.59 Å². The molecule has 6 nitrogen and oxygen atoms in total. The molecule has 0 aromatic rings. The van der Waals surface area contributed by atoms with Crippen LogP contribution in [0.2, 0.25) is 0 Å². The lowest BCUT2D eigenvalue weighted by molar-refractivity contribution is -0.159. The number of hydrogen-bond donors (Lipinski definition) is 2. The first-order chi connectivity index (χ1) is 10.2. The molecule has 0 aromatic carbocycles. The maximum absolute atomic E-state index is 12.1. The van der Waals surface area contributed by atoms with Crippen LogP contribution in [0.25, 0.3) is 0 Å². The number of hydrogen-bond acceptors (Lipinski definition) is 4. The first-order valence-electron chi connectivity index (χ1n) is 7.89. The lowest BCUT2D eigenvalue weighted by Gasteiger charge is -2.24. The van der Waals surface area contributed by atoms with Crippen molar-refractivity contribution in [3.63, 3.8) is 0 Å². The zero-order valence-corrected chi connectivity index (χ0v) is 14.1. The van der Waals surface area contributed by atoms with Gasteiger partial charge in [0, 0.05) is 12.8 Å². The van der Waals surface area contributed by atoms with Crippen LogP contribution in [-0.2, 0) is 19.1 Å². The summed E-state index contributed by atoms with van der Waals surface area (Å²) >= 11 is 0.